The van der Waals surface area contributed by atoms with Crippen molar-refractivity contribution in [2.75, 3.05) is 26.8 Å². The third-order valence-corrected chi connectivity index (χ3v) is 3.55. The summed E-state index contributed by atoms with van der Waals surface area (Å²) in [6, 6.07) is 3.64. The van der Waals surface area contributed by atoms with Crippen LogP contribution in [-0.2, 0) is 11.3 Å². The van der Waals surface area contributed by atoms with Gasteiger partial charge in [0.1, 0.15) is 0 Å². The fraction of sp³-hybridized carbons (Fsp3) is 0.579. The van der Waals surface area contributed by atoms with Crippen molar-refractivity contribution >= 4 is 47.4 Å². The number of hydrogen-bond donors (Lipinski definition) is 3. The van der Waals surface area contributed by atoms with E-state index in [0.717, 1.165) is 5.56 Å². The molecule has 1 aromatic carbocycles. The van der Waals surface area contributed by atoms with Gasteiger partial charge in [-0.05, 0) is 52.3 Å². The molecular weight excluding hydrogens is 495 g/mol. The molecule has 160 valence electrons. The second-order valence-electron chi connectivity index (χ2n) is 6.89. The van der Waals surface area contributed by atoms with Gasteiger partial charge in [-0.25, -0.2) is 4.99 Å². The highest BCUT2D eigenvalue weighted by molar-refractivity contribution is 14.0. The van der Waals surface area contributed by atoms with Crippen LogP contribution in [0.2, 0.25) is 5.02 Å². The van der Waals surface area contributed by atoms with Crippen molar-refractivity contribution in [3.8, 4) is 11.5 Å². The average Bonchev–Trinajstić information content (AvgIpc) is 2.57. The van der Waals surface area contributed by atoms with Gasteiger partial charge in [-0.3, -0.25) is 4.79 Å². The maximum Gasteiger partial charge on any atom is 0.239 e. The zero-order chi connectivity index (χ0) is 20.4. The first-order valence-corrected chi connectivity index (χ1v) is 9.40. The van der Waals surface area contributed by atoms with E-state index in [-0.39, 0.29) is 42.0 Å². The number of aliphatic imine (C=N–C) groups is 1. The molecule has 0 spiro atoms. The van der Waals surface area contributed by atoms with E-state index in [0.29, 0.717) is 42.2 Å². The highest BCUT2D eigenvalue weighted by atomic mass is 127. The lowest BCUT2D eigenvalue weighted by Gasteiger charge is -2.21. The molecule has 0 saturated heterocycles. The minimum atomic E-state index is -0.274. The van der Waals surface area contributed by atoms with Gasteiger partial charge in [-0.2, -0.15) is 0 Å². The van der Waals surface area contributed by atoms with Gasteiger partial charge in [0, 0.05) is 12.1 Å². The van der Waals surface area contributed by atoms with Crippen molar-refractivity contribution in [3.05, 3.63) is 22.7 Å². The summed E-state index contributed by atoms with van der Waals surface area (Å²) in [5.74, 6) is 1.54. The highest BCUT2D eigenvalue weighted by Crippen LogP contribution is 2.36. The van der Waals surface area contributed by atoms with Crippen LogP contribution in [0.1, 0.15) is 40.2 Å². The lowest BCUT2D eigenvalue weighted by molar-refractivity contribution is -0.121. The second-order valence-corrected chi connectivity index (χ2v) is 7.30. The Kier molecular flexibility index (Phi) is 12.3. The molecule has 1 rings (SSSR count). The normalized spacial score (nSPS) is 11.3. The predicted molar refractivity (Wildman–Crippen MR) is 125 cm³/mol. The fourth-order valence-electron chi connectivity index (χ4n) is 2.29. The van der Waals surface area contributed by atoms with E-state index < -0.39 is 0 Å². The molecule has 0 atom stereocenters. The molecule has 0 unspecified atom stereocenters. The van der Waals surface area contributed by atoms with Gasteiger partial charge >= 0.3 is 0 Å². The summed E-state index contributed by atoms with van der Waals surface area (Å²) >= 11 is 6.30. The Hall–Kier alpha value is -1.42. The van der Waals surface area contributed by atoms with E-state index in [1.54, 1.807) is 13.2 Å². The molecule has 0 heterocycles. The minimum Gasteiger partial charge on any atom is -0.493 e. The molecule has 0 aliphatic rings. The number of halogens is 2. The summed E-state index contributed by atoms with van der Waals surface area (Å²) in [5, 5.41) is 9.52. The Morgan fingerprint density at radius 3 is 2.43 bits per heavy atom. The SMILES string of the molecule is CCNC(=NCc1cc(Cl)c(OCC)c(OC)c1)NCC(=O)NC(C)(C)C.I. The van der Waals surface area contributed by atoms with Crippen molar-refractivity contribution < 1.29 is 14.3 Å². The van der Waals surface area contributed by atoms with Gasteiger partial charge in [-0.15, -0.1) is 24.0 Å². The van der Waals surface area contributed by atoms with Crippen molar-refractivity contribution in [1.82, 2.24) is 16.0 Å². The summed E-state index contributed by atoms with van der Waals surface area (Å²) in [7, 11) is 1.57. The third-order valence-electron chi connectivity index (χ3n) is 3.27. The van der Waals surface area contributed by atoms with E-state index in [9.17, 15) is 4.79 Å². The molecule has 7 nitrogen and oxygen atoms in total. The van der Waals surface area contributed by atoms with Crippen LogP contribution in [0.3, 0.4) is 0 Å². The Balaban J connectivity index is 0.00000729. The van der Waals surface area contributed by atoms with Gasteiger partial charge in [-0.1, -0.05) is 11.6 Å². The Morgan fingerprint density at radius 2 is 1.89 bits per heavy atom. The zero-order valence-electron chi connectivity index (χ0n) is 17.4. The van der Waals surface area contributed by atoms with Crippen molar-refractivity contribution in [2.24, 2.45) is 4.99 Å². The quantitative estimate of drug-likeness (QED) is 0.275. The van der Waals surface area contributed by atoms with Crippen LogP contribution in [0.4, 0.5) is 0 Å². The summed E-state index contributed by atoms with van der Waals surface area (Å²) < 4.78 is 10.9. The number of carbonyl (C=O) groups is 1. The monoisotopic (exact) mass is 526 g/mol. The van der Waals surface area contributed by atoms with Crippen molar-refractivity contribution in [2.45, 2.75) is 46.7 Å². The Labute approximate surface area is 190 Å². The molecule has 0 aliphatic carbocycles. The first-order valence-electron chi connectivity index (χ1n) is 9.02. The third kappa shape index (κ3) is 9.68. The molecule has 0 saturated carbocycles. The lowest BCUT2D eigenvalue weighted by atomic mass is 10.1. The van der Waals surface area contributed by atoms with Crippen molar-refractivity contribution in [3.63, 3.8) is 0 Å². The predicted octanol–water partition coefficient (Wildman–Crippen LogP) is 3.34. The number of methoxy groups -OCH3 is 1. The molecule has 0 radical (unpaired) electrons. The number of benzene rings is 1. The fourth-order valence-corrected chi connectivity index (χ4v) is 2.58. The van der Waals surface area contributed by atoms with Crippen LogP contribution in [0, 0.1) is 0 Å². The van der Waals surface area contributed by atoms with E-state index in [1.165, 1.54) is 0 Å². The number of nitrogens with one attached hydrogen (secondary N) is 3. The Morgan fingerprint density at radius 1 is 1.21 bits per heavy atom. The van der Waals surface area contributed by atoms with Crippen molar-refractivity contribution in [1.29, 1.82) is 0 Å². The number of ether oxygens (including phenoxy) is 2. The lowest BCUT2D eigenvalue weighted by Crippen LogP contribution is -2.48. The van der Waals surface area contributed by atoms with Crippen LogP contribution in [0.5, 0.6) is 11.5 Å². The van der Waals surface area contributed by atoms with Gasteiger partial charge < -0.3 is 25.4 Å². The molecule has 0 aromatic heterocycles. The molecule has 0 fully saturated rings. The average molecular weight is 527 g/mol. The molecule has 1 aromatic rings. The molecule has 3 N–H and O–H groups in total. The number of carbonyl (C=O) groups excluding carboxylic acids is 1. The highest BCUT2D eigenvalue weighted by Gasteiger charge is 2.14. The summed E-state index contributed by atoms with van der Waals surface area (Å²) in [6.45, 7) is 11.4. The molecule has 0 aliphatic heterocycles. The van der Waals surface area contributed by atoms with Crippen LogP contribution < -0.4 is 25.4 Å². The maximum atomic E-state index is 12.0. The number of nitrogens with zero attached hydrogens (tertiary/aromatic N) is 1. The minimum absolute atomic E-state index is 0. The summed E-state index contributed by atoms with van der Waals surface area (Å²) in [5.41, 5.74) is 0.598. The van der Waals surface area contributed by atoms with Crippen LogP contribution in [0.25, 0.3) is 0 Å². The molecule has 28 heavy (non-hydrogen) atoms. The topological polar surface area (TPSA) is 84.0 Å². The van der Waals surface area contributed by atoms with Crippen LogP contribution in [-0.4, -0.2) is 44.2 Å². The smallest absolute Gasteiger partial charge is 0.239 e. The molecular formula is C19H32ClIN4O3. The Bertz CT molecular complexity index is 663. The summed E-state index contributed by atoms with van der Waals surface area (Å²) in [4.78, 5) is 16.5. The van der Waals surface area contributed by atoms with E-state index >= 15 is 0 Å². The van der Waals surface area contributed by atoms with Crippen LogP contribution in [0.15, 0.2) is 17.1 Å². The maximum absolute atomic E-state index is 12.0. The molecule has 9 heteroatoms. The molecule has 0 bridgehead atoms. The van der Waals surface area contributed by atoms with Gasteiger partial charge in [0.05, 0.1) is 31.8 Å². The standard InChI is InChI=1S/C19H31ClN4O3.HI/c1-7-21-18(23-12-16(25)24-19(3,4)5)22-11-13-9-14(20)17(27-8-2)15(10-13)26-6;/h9-10H,7-8,11-12H2,1-6H3,(H,24,25)(H2,21,22,23);1H. The number of guanidine groups is 1. The van der Waals surface area contributed by atoms with Gasteiger partial charge in [0.15, 0.2) is 17.5 Å². The van der Waals surface area contributed by atoms with Crippen LogP contribution >= 0.6 is 35.6 Å². The molecule has 1 amide bonds. The van der Waals surface area contributed by atoms with E-state index in [4.69, 9.17) is 21.1 Å². The second kappa shape index (κ2) is 12.9. The number of hydrogen-bond acceptors (Lipinski definition) is 4. The first kappa shape index (κ1) is 26.6. The van der Waals surface area contributed by atoms with E-state index in [1.807, 2.05) is 40.7 Å². The zero-order valence-corrected chi connectivity index (χ0v) is 20.5. The summed E-state index contributed by atoms with van der Waals surface area (Å²) in [6.07, 6.45) is 0. The van der Waals surface area contributed by atoms with E-state index in [2.05, 4.69) is 20.9 Å². The van der Waals surface area contributed by atoms with Gasteiger partial charge in [0.25, 0.3) is 0 Å². The number of amides is 1. The first-order chi connectivity index (χ1) is 12.7. The van der Waals surface area contributed by atoms with Gasteiger partial charge in [0.2, 0.25) is 5.91 Å². The largest absolute Gasteiger partial charge is 0.493 e. The number of rotatable bonds is 8.